The number of hydrogen-bond acceptors (Lipinski definition) is 4. The molecule has 1 heterocycles. The summed E-state index contributed by atoms with van der Waals surface area (Å²) in [5, 5.41) is 12.0. The maximum absolute atomic E-state index is 11.9. The molecule has 0 aliphatic heterocycles. The fourth-order valence-electron chi connectivity index (χ4n) is 1.83. The summed E-state index contributed by atoms with van der Waals surface area (Å²) in [5.41, 5.74) is 7.20. The van der Waals surface area contributed by atoms with Crippen LogP contribution in [0, 0.1) is 0 Å². The third-order valence-electron chi connectivity index (χ3n) is 2.84. The van der Waals surface area contributed by atoms with Crippen LogP contribution in [0.2, 0.25) is 0 Å². The van der Waals surface area contributed by atoms with E-state index in [-0.39, 0.29) is 18.0 Å². The van der Waals surface area contributed by atoms with E-state index in [4.69, 9.17) is 10.8 Å². The minimum absolute atomic E-state index is 0.0262. The van der Waals surface area contributed by atoms with Crippen LogP contribution in [0.4, 0.5) is 5.69 Å². The number of benzene rings is 1. The van der Waals surface area contributed by atoms with Crippen molar-refractivity contribution in [1.82, 2.24) is 10.3 Å². The number of nitrogen functional groups attached to an aromatic ring is 1. The standard InChI is InChI=1S/C14H15N3O3/c15-10-4-1-3-9-6-7-11(17-13(9)10)14(20)16-8-2-5-12(18)19/h1,3-4,6-7H,2,5,8,15H2,(H,16,20)(H,18,19). The number of carboxylic acids is 1. The van der Waals surface area contributed by atoms with Crippen LogP contribution in [-0.4, -0.2) is 28.5 Å². The molecule has 0 spiro atoms. The Morgan fingerprint density at radius 2 is 2.05 bits per heavy atom. The van der Waals surface area contributed by atoms with Crippen molar-refractivity contribution >= 4 is 28.5 Å². The van der Waals surface area contributed by atoms with Crippen LogP contribution < -0.4 is 11.1 Å². The molecule has 0 fully saturated rings. The molecule has 0 aliphatic rings. The first-order chi connectivity index (χ1) is 9.58. The number of amides is 1. The van der Waals surface area contributed by atoms with Crippen LogP contribution in [-0.2, 0) is 4.79 Å². The Balaban J connectivity index is 2.07. The maximum Gasteiger partial charge on any atom is 0.303 e. The molecule has 0 bridgehead atoms. The number of fused-ring (bicyclic) bond motifs is 1. The van der Waals surface area contributed by atoms with Crippen molar-refractivity contribution in [3.8, 4) is 0 Å². The van der Waals surface area contributed by atoms with E-state index in [1.807, 2.05) is 12.1 Å². The van der Waals surface area contributed by atoms with Crippen LogP contribution in [0.5, 0.6) is 0 Å². The number of para-hydroxylation sites is 1. The number of pyridine rings is 1. The lowest BCUT2D eigenvalue weighted by molar-refractivity contribution is -0.137. The lowest BCUT2D eigenvalue weighted by Gasteiger charge is -2.06. The molecule has 2 rings (SSSR count). The molecular formula is C14H15N3O3. The Morgan fingerprint density at radius 3 is 2.80 bits per heavy atom. The number of nitrogens with one attached hydrogen (secondary N) is 1. The molecule has 0 saturated heterocycles. The number of aromatic nitrogens is 1. The van der Waals surface area contributed by atoms with Crippen LogP contribution in [0.3, 0.4) is 0 Å². The van der Waals surface area contributed by atoms with Crippen molar-refractivity contribution in [2.45, 2.75) is 12.8 Å². The van der Waals surface area contributed by atoms with E-state index in [9.17, 15) is 9.59 Å². The predicted octanol–water partition coefficient (Wildman–Crippen LogP) is 1.41. The number of carbonyl (C=O) groups is 2. The smallest absolute Gasteiger partial charge is 0.303 e. The van der Waals surface area contributed by atoms with Gasteiger partial charge < -0.3 is 16.2 Å². The first-order valence-electron chi connectivity index (χ1n) is 6.23. The molecule has 0 saturated carbocycles. The summed E-state index contributed by atoms with van der Waals surface area (Å²) in [6.07, 6.45) is 0.412. The molecule has 1 aromatic carbocycles. The second kappa shape index (κ2) is 6.01. The zero-order valence-electron chi connectivity index (χ0n) is 10.8. The van der Waals surface area contributed by atoms with Crippen molar-refractivity contribution in [2.24, 2.45) is 0 Å². The summed E-state index contributed by atoms with van der Waals surface area (Å²) < 4.78 is 0. The third kappa shape index (κ3) is 3.23. The van der Waals surface area contributed by atoms with E-state index in [1.54, 1.807) is 18.2 Å². The van der Waals surface area contributed by atoms with Gasteiger partial charge in [0.2, 0.25) is 0 Å². The average Bonchev–Trinajstić information content (AvgIpc) is 2.43. The third-order valence-corrected chi connectivity index (χ3v) is 2.84. The highest BCUT2D eigenvalue weighted by molar-refractivity contribution is 5.97. The molecule has 0 atom stereocenters. The van der Waals surface area contributed by atoms with Gasteiger partial charge in [-0.2, -0.15) is 0 Å². The van der Waals surface area contributed by atoms with E-state index in [0.29, 0.717) is 24.2 Å². The van der Waals surface area contributed by atoms with Gasteiger partial charge in [0.25, 0.3) is 5.91 Å². The Labute approximate surface area is 115 Å². The Kier molecular flexibility index (Phi) is 4.14. The summed E-state index contributed by atoms with van der Waals surface area (Å²) in [6.45, 7) is 0.301. The van der Waals surface area contributed by atoms with Gasteiger partial charge in [0.05, 0.1) is 11.2 Å². The molecule has 0 radical (unpaired) electrons. The van der Waals surface area contributed by atoms with E-state index >= 15 is 0 Å². The Morgan fingerprint density at radius 1 is 1.25 bits per heavy atom. The molecule has 104 valence electrons. The second-order valence-corrected chi connectivity index (χ2v) is 4.37. The SMILES string of the molecule is Nc1cccc2ccc(C(=O)NCCCC(=O)O)nc12. The van der Waals surface area contributed by atoms with Crippen LogP contribution >= 0.6 is 0 Å². The zero-order chi connectivity index (χ0) is 14.5. The molecule has 4 N–H and O–H groups in total. The monoisotopic (exact) mass is 273 g/mol. The van der Waals surface area contributed by atoms with Crippen molar-refractivity contribution in [2.75, 3.05) is 12.3 Å². The molecule has 1 aromatic heterocycles. The van der Waals surface area contributed by atoms with Gasteiger partial charge in [-0.15, -0.1) is 0 Å². The lowest BCUT2D eigenvalue weighted by atomic mass is 10.1. The highest BCUT2D eigenvalue weighted by Crippen LogP contribution is 2.18. The molecule has 0 aliphatic carbocycles. The zero-order valence-corrected chi connectivity index (χ0v) is 10.8. The first-order valence-corrected chi connectivity index (χ1v) is 6.23. The van der Waals surface area contributed by atoms with Crippen molar-refractivity contribution < 1.29 is 14.7 Å². The molecule has 20 heavy (non-hydrogen) atoms. The van der Waals surface area contributed by atoms with Gasteiger partial charge in [0.15, 0.2) is 0 Å². The van der Waals surface area contributed by atoms with Gasteiger partial charge in [-0.1, -0.05) is 18.2 Å². The summed E-state index contributed by atoms with van der Waals surface area (Å²) in [4.78, 5) is 26.5. The fraction of sp³-hybridized carbons (Fsp3) is 0.214. The second-order valence-electron chi connectivity index (χ2n) is 4.37. The number of aliphatic carboxylic acids is 1. The minimum Gasteiger partial charge on any atom is -0.481 e. The molecule has 0 unspecified atom stereocenters. The van der Waals surface area contributed by atoms with Gasteiger partial charge >= 0.3 is 5.97 Å². The summed E-state index contributed by atoms with van der Waals surface area (Å²) in [5.74, 6) is -1.21. The average molecular weight is 273 g/mol. The normalized spacial score (nSPS) is 10.4. The highest BCUT2D eigenvalue weighted by Gasteiger charge is 2.09. The van der Waals surface area contributed by atoms with Crippen LogP contribution in [0.1, 0.15) is 23.3 Å². The molecule has 6 heteroatoms. The van der Waals surface area contributed by atoms with E-state index in [0.717, 1.165) is 5.39 Å². The number of nitrogens with zero attached hydrogens (tertiary/aromatic N) is 1. The summed E-state index contributed by atoms with van der Waals surface area (Å²) >= 11 is 0. The first kappa shape index (κ1) is 13.8. The Bertz CT molecular complexity index is 655. The minimum atomic E-state index is -0.879. The Hall–Kier alpha value is -2.63. The number of rotatable bonds is 5. The predicted molar refractivity (Wildman–Crippen MR) is 75.4 cm³/mol. The number of nitrogens with two attached hydrogens (primary N) is 1. The highest BCUT2D eigenvalue weighted by atomic mass is 16.4. The van der Waals surface area contributed by atoms with Gasteiger partial charge in [-0.05, 0) is 18.6 Å². The topological polar surface area (TPSA) is 105 Å². The van der Waals surface area contributed by atoms with Crippen molar-refractivity contribution in [3.63, 3.8) is 0 Å². The molecule has 2 aromatic rings. The van der Waals surface area contributed by atoms with Gasteiger partial charge in [0.1, 0.15) is 5.69 Å². The van der Waals surface area contributed by atoms with E-state index < -0.39 is 5.97 Å². The largest absolute Gasteiger partial charge is 0.481 e. The lowest BCUT2D eigenvalue weighted by Crippen LogP contribution is -2.25. The number of carboxylic acid groups (broad SMARTS) is 1. The van der Waals surface area contributed by atoms with Crippen LogP contribution in [0.25, 0.3) is 10.9 Å². The molecule has 1 amide bonds. The van der Waals surface area contributed by atoms with Gasteiger partial charge in [-0.25, -0.2) is 4.98 Å². The van der Waals surface area contributed by atoms with E-state index in [2.05, 4.69) is 10.3 Å². The van der Waals surface area contributed by atoms with Crippen molar-refractivity contribution in [1.29, 1.82) is 0 Å². The van der Waals surface area contributed by atoms with E-state index in [1.165, 1.54) is 0 Å². The maximum atomic E-state index is 11.9. The van der Waals surface area contributed by atoms with Gasteiger partial charge in [-0.3, -0.25) is 9.59 Å². The summed E-state index contributed by atoms with van der Waals surface area (Å²) in [6, 6.07) is 8.82. The molecule has 6 nitrogen and oxygen atoms in total. The summed E-state index contributed by atoms with van der Waals surface area (Å²) in [7, 11) is 0. The fourth-order valence-corrected chi connectivity index (χ4v) is 1.83. The molecular weight excluding hydrogens is 258 g/mol. The van der Waals surface area contributed by atoms with Crippen molar-refractivity contribution in [3.05, 3.63) is 36.0 Å². The number of hydrogen-bond donors (Lipinski definition) is 3. The quantitative estimate of drug-likeness (QED) is 0.564. The van der Waals surface area contributed by atoms with Gasteiger partial charge in [0, 0.05) is 18.4 Å². The number of carbonyl (C=O) groups excluding carboxylic acids is 1. The number of anilines is 1. The van der Waals surface area contributed by atoms with Crippen LogP contribution in [0.15, 0.2) is 30.3 Å².